The highest BCUT2D eigenvalue weighted by Crippen LogP contribution is 2.24. The fourth-order valence-electron chi connectivity index (χ4n) is 2.36. The molecule has 0 atom stereocenters. The van der Waals surface area contributed by atoms with E-state index in [4.69, 9.17) is 0 Å². The Morgan fingerprint density at radius 2 is 1.54 bits per heavy atom. The van der Waals surface area contributed by atoms with Gasteiger partial charge in [-0.25, -0.2) is 8.42 Å². The molecule has 8 heteroatoms. The third-order valence-electron chi connectivity index (χ3n) is 3.81. The van der Waals surface area contributed by atoms with Gasteiger partial charge in [-0.1, -0.05) is 19.8 Å². The van der Waals surface area contributed by atoms with Gasteiger partial charge in [-0.2, -0.15) is 0 Å². The van der Waals surface area contributed by atoms with Crippen LogP contribution in [-0.4, -0.2) is 19.2 Å². The fraction of sp³-hybridized carbons (Fsp3) is 0.278. The number of nitrogens with one attached hydrogen (secondary N) is 1. The zero-order valence-corrected chi connectivity index (χ0v) is 15.2. The van der Waals surface area contributed by atoms with Crippen molar-refractivity contribution in [1.82, 2.24) is 0 Å². The second kappa shape index (κ2) is 8.57. The minimum absolute atomic E-state index is 0.0283. The van der Waals surface area contributed by atoms with Crippen molar-refractivity contribution in [2.45, 2.75) is 42.4 Å². The molecule has 0 aromatic heterocycles. The van der Waals surface area contributed by atoms with Crippen molar-refractivity contribution in [1.29, 1.82) is 0 Å². The van der Waals surface area contributed by atoms with Crippen LogP contribution in [0.3, 0.4) is 0 Å². The summed E-state index contributed by atoms with van der Waals surface area (Å²) < 4.78 is 25.1. The molecule has 0 unspecified atom stereocenters. The molecule has 0 aliphatic heterocycles. The first-order valence-corrected chi connectivity index (χ1v) is 9.72. The lowest BCUT2D eigenvalue weighted by molar-refractivity contribution is -0.384. The number of anilines is 1. The van der Waals surface area contributed by atoms with Gasteiger partial charge in [0, 0.05) is 24.2 Å². The van der Waals surface area contributed by atoms with Gasteiger partial charge in [0.2, 0.25) is 15.7 Å². The first kappa shape index (κ1) is 19.6. The summed E-state index contributed by atoms with van der Waals surface area (Å²) in [7, 11) is -3.78. The van der Waals surface area contributed by atoms with E-state index in [1.165, 1.54) is 36.4 Å². The summed E-state index contributed by atoms with van der Waals surface area (Å²) in [6.07, 6.45) is 3.26. The molecule has 0 aliphatic carbocycles. The molecule has 0 aliphatic rings. The third kappa shape index (κ3) is 4.89. The lowest BCUT2D eigenvalue weighted by atomic mass is 10.2. The van der Waals surface area contributed by atoms with Crippen molar-refractivity contribution >= 4 is 27.1 Å². The molecule has 26 heavy (non-hydrogen) atoms. The van der Waals surface area contributed by atoms with Crippen LogP contribution in [0.1, 0.15) is 32.6 Å². The van der Waals surface area contributed by atoms with Crippen LogP contribution in [0.25, 0.3) is 0 Å². The number of sulfone groups is 1. The molecular weight excluding hydrogens is 356 g/mol. The first-order chi connectivity index (χ1) is 12.3. The largest absolute Gasteiger partial charge is 0.326 e. The minimum Gasteiger partial charge on any atom is -0.326 e. The number of hydrogen-bond donors (Lipinski definition) is 1. The Bertz CT molecular complexity index is 875. The molecule has 0 radical (unpaired) electrons. The van der Waals surface area contributed by atoms with E-state index in [9.17, 15) is 23.3 Å². The second-order valence-electron chi connectivity index (χ2n) is 5.78. The van der Waals surface area contributed by atoms with E-state index in [-0.39, 0.29) is 21.4 Å². The highest BCUT2D eigenvalue weighted by molar-refractivity contribution is 7.91. The second-order valence-corrected chi connectivity index (χ2v) is 7.73. The number of hydrogen-bond acceptors (Lipinski definition) is 5. The summed E-state index contributed by atoms with van der Waals surface area (Å²) in [4.78, 5) is 21.9. The van der Waals surface area contributed by atoms with Crippen molar-refractivity contribution in [2.24, 2.45) is 0 Å². The number of unbranched alkanes of at least 4 members (excludes halogenated alkanes) is 2. The SMILES string of the molecule is CCCCCC(=O)Nc1ccc(S(=O)(=O)c2ccc([N+](=O)[O-])cc2)cc1. The molecule has 2 rings (SSSR count). The minimum atomic E-state index is -3.78. The van der Waals surface area contributed by atoms with Crippen LogP contribution < -0.4 is 5.32 Å². The van der Waals surface area contributed by atoms with E-state index in [0.29, 0.717) is 12.1 Å². The van der Waals surface area contributed by atoms with E-state index in [1.54, 1.807) is 0 Å². The number of nitro groups is 1. The molecule has 0 heterocycles. The van der Waals surface area contributed by atoms with Crippen molar-refractivity contribution < 1.29 is 18.1 Å². The topological polar surface area (TPSA) is 106 Å². The van der Waals surface area contributed by atoms with E-state index in [1.807, 2.05) is 0 Å². The van der Waals surface area contributed by atoms with Crippen LogP contribution >= 0.6 is 0 Å². The van der Waals surface area contributed by atoms with Gasteiger partial charge in [0.1, 0.15) is 0 Å². The summed E-state index contributed by atoms with van der Waals surface area (Å²) >= 11 is 0. The Kier molecular flexibility index (Phi) is 6.46. The standard InChI is InChI=1S/C18H20N2O5S/c1-2-3-4-5-18(21)19-14-6-10-16(11-7-14)26(24,25)17-12-8-15(9-13-17)20(22)23/h6-13H,2-5H2,1H3,(H,19,21). The van der Waals surface area contributed by atoms with Crippen molar-refractivity contribution in [3.05, 3.63) is 58.6 Å². The molecule has 0 bridgehead atoms. The van der Waals surface area contributed by atoms with Crippen LogP contribution in [0.5, 0.6) is 0 Å². The van der Waals surface area contributed by atoms with Gasteiger partial charge in [0.05, 0.1) is 14.7 Å². The van der Waals surface area contributed by atoms with Gasteiger partial charge in [0.25, 0.3) is 5.69 Å². The Morgan fingerprint density at radius 3 is 2.04 bits per heavy atom. The summed E-state index contributed by atoms with van der Waals surface area (Å²) in [5.74, 6) is -0.107. The first-order valence-electron chi connectivity index (χ1n) is 8.24. The van der Waals surface area contributed by atoms with Gasteiger partial charge in [-0.05, 0) is 42.8 Å². The molecule has 0 fully saturated rings. The Morgan fingerprint density at radius 1 is 1.00 bits per heavy atom. The van der Waals surface area contributed by atoms with Gasteiger partial charge in [-0.15, -0.1) is 0 Å². The summed E-state index contributed by atoms with van der Waals surface area (Å²) in [5, 5.41) is 13.4. The monoisotopic (exact) mass is 376 g/mol. The lowest BCUT2D eigenvalue weighted by Gasteiger charge is -2.08. The molecular formula is C18H20N2O5S. The summed E-state index contributed by atoms with van der Waals surface area (Å²) in [6.45, 7) is 2.06. The van der Waals surface area contributed by atoms with Gasteiger partial charge < -0.3 is 5.32 Å². The molecule has 1 N–H and O–H groups in total. The number of amides is 1. The number of carbonyl (C=O) groups excluding carboxylic acids is 1. The number of nitrogens with zero attached hydrogens (tertiary/aromatic N) is 1. The third-order valence-corrected chi connectivity index (χ3v) is 5.60. The van der Waals surface area contributed by atoms with Crippen LogP contribution in [-0.2, 0) is 14.6 Å². The molecule has 0 saturated heterocycles. The average Bonchev–Trinajstić information content (AvgIpc) is 2.62. The maximum Gasteiger partial charge on any atom is 0.269 e. The lowest BCUT2D eigenvalue weighted by Crippen LogP contribution is -2.11. The Balaban J connectivity index is 2.11. The molecule has 0 saturated carbocycles. The predicted molar refractivity (Wildman–Crippen MR) is 97.8 cm³/mol. The van der Waals surface area contributed by atoms with Crippen molar-refractivity contribution in [3.8, 4) is 0 Å². The number of non-ortho nitro benzene ring substituents is 1. The maximum atomic E-state index is 12.6. The fourth-order valence-corrected chi connectivity index (χ4v) is 3.62. The zero-order valence-electron chi connectivity index (χ0n) is 14.3. The molecule has 7 nitrogen and oxygen atoms in total. The number of carbonyl (C=O) groups is 1. The van der Waals surface area contributed by atoms with Crippen LogP contribution in [0, 0.1) is 10.1 Å². The predicted octanol–water partition coefficient (Wildman–Crippen LogP) is 3.95. The maximum absolute atomic E-state index is 12.6. The van der Waals surface area contributed by atoms with Crippen molar-refractivity contribution in [2.75, 3.05) is 5.32 Å². The van der Waals surface area contributed by atoms with Crippen molar-refractivity contribution in [3.63, 3.8) is 0 Å². The number of rotatable bonds is 8. The zero-order chi connectivity index (χ0) is 19.2. The molecule has 138 valence electrons. The van der Waals surface area contributed by atoms with Gasteiger partial charge in [-0.3, -0.25) is 14.9 Å². The molecule has 2 aromatic carbocycles. The quantitative estimate of drug-likeness (QED) is 0.426. The van der Waals surface area contributed by atoms with E-state index in [2.05, 4.69) is 12.2 Å². The van der Waals surface area contributed by atoms with Gasteiger partial charge in [0.15, 0.2) is 0 Å². The van der Waals surface area contributed by atoms with E-state index >= 15 is 0 Å². The van der Waals surface area contributed by atoms with Crippen LogP contribution in [0.4, 0.5) is 11.4 Å². The summed E-state index contributed by atoms with van der Waals surface area (Å²) in [6, 6.07) is 10.6. The van der Waals surface area contributed by atoms with Gasteiger partial charge >= 0.3 is 0 Å². The highest BCUT2D eigenvalue weighted by atomic mass is 32.2. The summed E-state index contributed by atoms with van der Waals surface area (Å²) in [5.41, 5.74) is 0.347. The number of benzene rings is 2. The highest BCUT2D eigenvalue weighted by Gasteiger charge is 2.19. The molecule has 2 aromatic rings. The molecule has 0 spiro atoms. The average molecular weight is 376 g/mol. The van der Waals surface area contributed by atoms with Crippen LogP contribution in [0.2, 0.25) is 0 Å². The molecule has 1 amide bonds. The Labute approximate surface area is 152 Å². The van der Waals surface area contributed by atoms with E-state index < -0.39 is 14.8 Å². The van der Waals surface area contributed by atoms with E-state index in [0.717, 1.165) is 31.4 Å². The Hall–Kier alpha value is -2.74. The normalized spacial score (nSPS) is 11.1. The number of nitro benzene ring substituents is 1. The van der Waals surface area contributed by atoms with Crippen LogP contribution in [0.15, 0.2) is 58.3 Å². The smallest absolute Gasteiger partial charge is 0.269 e.